The van der Waals surface area contributed by atoms with Crippen LogP contribution in [-0.4, -0.2) is 27.2 Å². The van der Waals surface area contributed by atoms with E-state index in [0.717, 1.165) is 22.7 Å². The Labute approximate surface area is 114 Å². The number of nitrogens with one attached hydrogen (secondary N) is 1. The molecule has 19 heavy (non-hydrogen) atoms. The fourth-order valence-electron chi connectivity index (χ4n) is 1.47. The van der Waals surface area contributed by atoms with Gasteiger partial charge in [0.25, 0.3) is 5.91 Å². The van der Waals surface area contributed by atoms with Gasteiger partial charge in [0.15, 0.2) is 0 Å². The Hall–Kier alpha value is -2.23. The SMILES string of the molecule is Cc1cc(C#CCO)ccc1NC(=O)c1cnns1. The van der Waals surface area contributed by atoms with Crippen LogP contribution in [0.3, 0.4) is 0 Å². The number of nitrogens with zero attached hydrogens (tertiary/aromatic N) is 2. The van der Waals surface area contributed by atoms with Crippen LogP contribution in [-0.2, 0) is 0 Å². The van der Waals surface area contributed by atoms with Gasteiger partial charge >= 0.3 is 0 Å². The summed E-state index contributed by atoms with van der Waals surface area (Å²) in [4.78, 5) is 12.3. The van der Waals surface area contributed by atoms with Gasteiger partial charge in [-0.2, -0.15) is 0 Å². The third-order valence-corrected chi connectivity index (χ3v) is 3.03. The number of aliphatic hydroxyl groups excluding tert-OH is 1. The molecule has 96 valence electrons. The van der Waals surface area contributed by atoms with Gasteiger partial charge in [0.05, 0.1) is 6.20 Å². The Balaban J connectivity index is 2.15. The summed E-state index contributed by atoms with van der Waals surface area (Å²) in [6.45, 7) is 1.71. The molecule has 0 saturated carbocycles. The highest BCUT2D eigenvalue weighted by Crippen LogP contribution is 2.17. The molecule has 0 radical (unpaired) electrons. The van der Waals surface area contributed by atoms with Crippen molar-refractivity contribution in [2.75, 3.05) is 11.9 Å². The maximum Gasteiger partial charge on any atom is 0.269 e. The molecule has 1 aromatic carbocycles. The Morgan fingerprint density at radius 2 is 2.37 bits per heavy atom. The van der Waals surface area contributed by atoms with E-state index in [-0.39, 0.29) is 12.5 Å². The van der Waals surface area contributed by atoms with E-state index in [4.69, 9.17) is 5.11 Å². The first-order chi connectivity index (χ1) is 9.20. The highest BCUT2D eigenvalue weighted by Gasteiger charge is 2.09. The molecule has 5 nitrogen and oxygen atoms in total. The van der Waals surface area contributed by atoms with Crippen LogP contribution in [0.2, 0.25) is 0 Å². The standard InChI is InChI=1S/C13H11N3O2S/c1-9-7-10(3-2-6-17)4-5-11(9)15-13(18)12-8-14-16-19-12/h4-5,7-8,17H,6H2,1H3,(H,15,18). The van der Waals surface area contributed by atoms with Gasteiger partial charge in [0.1, 0.15) is 11.5 Å². The molecule has 0 unspecified atom stereocenters. The molecule has 2 aromatic rings. The molecule has 0 spiro atoms. The molecule has 2 rings (SSSR count). The van der Waals surface area contributed by atoms with Gasteiger partial charge in [-0.3, -0.25) is 4.79 Å². The molecule has 0 atom stereocenters. The van der Waals surface area contributed by atoms with Crippen LogP contribution in [0, 0.1) is 18.8 Å². The molecule has 0 saturated heterocycles. The number of aromatic nitrogens is 2. The Kier molecular flexibility index (Phi) is 4.23. The van der Waals surface area contributed by atoms with Crippen LogP contribution in [0.4, 0.5) is 5.69 Å². The summed E-state index contributed by atoms with van der Waals surface area (Å²) in [5.74, 6) is 5.16. The normalized spacial score (nSPS) is 9.58. The zero-order valence-electron chi connectivity index (χ0n) is 10.2. The molecule has 0 fully saturated rings. The summed E-state index contributed by atoms with van der Waals surface area (Å²) in [5, 5.41) is 15.0. The summed E-state index contributed by atoms with van der Waals surface area (Å²) < 4.78 is 3.64. The average Bonchev–Trinajstić information content (AvgIpc) is 2.93. The third-order valence-electron chi connectivity index (χ3n) is 2.37. The van der Waals surface area contributed by atoms with Crippen LogP contribution < -0.4 is 5.32 Å². The number of carbonyl (C=O) groups is 1. The van der Waals surface area contributed by atoms with Crippen LogP contribution in [0.5, 0.6) is 0 Å². The van der Waals surface area contributed by atoms with Crippen molar-refractivity contribution in [1.29, 1.82) is 0 Å². The van der Waals surface area contributed by atoms with E-state index in [1.54, 1.807) is 12.1 Å². The summed E-state index contributed by atoms with van der Waals surface area (Å²) >= 11 is 1.05. The van der Waals surface area contributed by atoms with E-state index in [2.05, 4.69) is 26.7 Å². The van der Waals surface area contributed by atoms with Gasteiger partial charge in [-0.25, -0.2) is 0 Å². The van der Waals surface area contributed by atoms with Crippen molar-refractivity contribution in [3.05, 3.63) is 40.4 Å². The molecule has 1 heterocycles. The smallest absolute Gasteiger partial charge is 0.269 e. The number of hydrogen-bond acceptors (Lipinski definition) is 5. The quantitative estimate of drug-likeness (QED) is 0.812. The van der Waals surface area contributed by atoms with E-state index >= 15 is 0 Å². The van der Waals surface area contributed by atoms with E-state index in [1.807, 2.05) is 13.0 Å². The fraction of sp³-hybridized carbons (Fsp3) is 0.154. The van der Waals surface area contributed by atoms with E-state index in [9.17, 15) is 4.79 Å². The molecular weight excluding hydrogens is 262 g/mol. The number of amides is 1. The highest BCUT2D eigenvalue weighted by molar-refractivity contribution is 7.07. The monoisotopic (exact) mass is 273 g/mol. The predicted molar refractivity (Wildman–Crippen MR) is 73.0 cm³/mol. The van der Waals surface area contributed by atoms with Crippen molar-refractivity contribution in [2.24, 2.45) is 0 Å². The van der Waals surface area contributed by atoms with E-state index in [0.29, 0.717) is 10.6 Å². The molecule has 0 bridgehead atoms. The van der Waals surface area contributed by atoms with Crippen LogP contribution in [0.1, 0.15) is 20.8 Å². The zero-order chi connectivity index (χ0) is 13.7. The van der Waals surface area contributed by atoms with Crippen molar-refractivity contribution in [2.45, 2.75) is 6.92 Å². The number of carbonyl (C=O) groups excluding carboxylic acids is 1. The first kappa shape index (κ1) is 13.2. The average molecular weight is 273 g/mol. The third kappa shape index (κ3) is 3.37. The van der Waals surface area contributed by atoms with E-state index < -0.39 is 0 Å². The van der Waals surface area contributed by atoms with Crippen molar-refractivity contribution in [3.63, 3.8) is 0 Å². The van der Waals surface area contributed by atoms with Crippen molar-refractivity contribution >= 4 is 23.1 Å². The number of rotatable bonds is 2. The molecule has 0 aliphatic carbocycles. The number of benzene rings is 1. The molecule has 1 amide bonds. The number of aliphatic hydroxyl groups is 1. The lowest BCUT2D eigenvalue weighted by molar-refractivity contribution is 0.103. The maximum atomic E-state index is 11.8. The first-order valence-electron chi connectivity index (χ1n) is 5.50. The van der Waals surface area contributed by atoms with Crippen molar-refractivity contribution < 1.29 is 9.90 Å². The summed E-state index contributed by atoms with van der Waals surface area (Å²) in [5.41, 5.74) is 2.41. The largest absolute Gasteiger partial charge is 0.384 e. The first-order valence-corrected chi connectivity index (χ1v) is 6.27. The summed E-state index contributed by atoms with van der Waals surface area (Å²) in [6, 6.07) is 5.42. The second-order valence-corrected chi connectivity index (χ2v) is 4.51. The Morgan fingerprint density at radius 1 is 1.53 bits per heavy atom. The molecule has 0 aliphatic heterocycles. The van der Waals surface area contributed by atoms with Gasteiger partial charge in [-0.15, -0.1) is 5.10 Å². The number of anilines is 1. The van der Waals surface area contributed by atoms with Crippen LogP contribution >= 0.6 is 11.5 Å². The molecular formula is C13H11N3O2S. The minimum absolute atomic E-state index is 0.171. The lowest BCUT2D eigenvalue weighted by Gasteiger charge is -2.07. The fourth-order valence-corrected chi connectivity index (χ4v) is 1.88. The predicted octanol–water partition coefficient (Wildman–Crippen LogP) is 1.44. The van der Waals surface area contributed by atoms with Crippen LogP contribution in [0.15, 0.2) is 24.4 Å². The van der Waals surface area contributed by atoms with Gasteiger partial charge in [-0.05, 0) is 42.2 Å². The molecule has 2 N–H and O–H groups in total. The summed E-state index contributed by atoms with van der Waals surface area (Å²) in [6.07, 6.45) is 1.43. The highest BCUT2D eigenvalue weighted by atomic mass is 32.1. The van der Waals surface area contributed by atoms with Crippen LogP contribution in [0.25, 0.3) is 0 Å². The van der Waals surface area contributed by atoms with Gasteiger partial charge < -0.3 is 10.4 Å². The topological polar surface area (TPSA) is 75.1 Å². The second-order valence-electron chi connectivity index (χ2n) is 3.73. The minimum Gasteiger partial charge on any atom is -0.384 e. The lowest BCUT2D eigenvalue weighted by Crippen LogP contribution is -2.11. The molecule has 6 heteroatoms. The second kappa shape index (κ2) is 6.09. The zero-order valence-corrected chi connectivity index (χ0v) is 11.0. The minimum atomic E-state index is -0.229. The number of hydrogen-bond donors (Lipinski definition) is 2. The maximum absolute atomic E-state index is 11.8. The molecule has 0 aliphatic rings. The van der Waals surface area contributed by atoms with Gasteiger partial charge in [-0.1, -0.05) is 16.3 Å². The van der Waals surface area contributed by atoms with Gasteiger partial charge in [0.2, 0.25) is 0 Å². The molecule has 1 aromatic heterocycles. The van der Waals surface area contributed by atoms with Crippen molar-refractivity contribution in [1.82, 2.24) is 9.59 Å². The number of aryl methyl sites for hydroxylation is 1. The van der Waals surface area contributed by atoms with Gasteiger partial charge in [0, 0.05) is 11.3 Å². The lowest BCUT2D eigenvalue weighted by atomic mass is 10.1. The Morgan fingerprint density at radius 3 is 3.00 bits per heavy atom. The van der Waals surface area contributed by atoms with E-state index in [1.165, 1.54) is 6.20 Å². The Bertz CT molecular complexity index is 642. The summed E-state index contributed by atoms with van der Waals surface area (Å²) in [7, 11) is 0. The van der Waals surface area contributed by atoms with Crippen molar-refractivity contribution in [3.8, 4) is 11.8 Å².